The molecule has 0 aromatic heterocycles. The molecular formula is C13H27NO2. The zero-order valence-electron chi connectivity index (χ0n) is 10.9. The predicted molar refractivity (Wildman–Crippen MR) is 66.8 cm³/mol. The van der Waals surface area contributed by atoms with E-state index in [2.05, 4.69) is 12.2 Å². The third kappa shape index (κ3) is 4.81. The van der Waals surface area contributed by atoms with Crippen LogP contribution < -0.4 is 5.32 Å². The molecular weight excluding hydrogens is 202 g/mol. The quantitative estimate of drug-likeness (QED) is 0.583. The number of hydrogen-bond acceptors (Lipinski definition) is 3. The van der Waals surface area contributed by atoms with Crippen LogP contribution in [-0.4, -0.2) is 40.0 Å². The van der Waals surface area contributed by atoms with Crippen molar-refractivity contribution in [2.24, 2.45) is 5.41 Å². The third-order valence-corrected chi connectivity index (χ3v) is 3.59. The summed E-state index contributed by atoms with van der Waals surface area (Å²) >= 11 is 0. The first-order chi connectivity index (χ1) is 7.83. The Bertz CT molecular complexity index is 169. The van der Waals surface area contributed by atoms with Crippen molar-refractivity contribution in [1.82, 2.24) is 5.32 Å². The van der Waals surface area contributed by atoms with Gasteiger partial charge in [0.1, 0.15) is 0 Å². The Hall–Kier alpha value is -0.120. The first-order valence-electron chi connectivity index (χ1n) is 6.60. The largest absolute Gasteiger partial charge is 0.382 e. The van der Waals surface area contributed by atoms with Gasteiger partial charge in [-0.05, 0) is 37.6 Å². The third-order valence-electron chi connectivity index (χ3n) is 3.59. The molecule has 0 radical (unpaired) electrons. The van der Waals surface area contributed by atoms with E-state index in [1.807, 2.05) is 0 Å². The van der Waals surface area contributed by atoms with Crippen molar-refractivity contribution in [1.29, 1.82) is 0 Å². The average molecular weight is 229 g/mol. The molecule has 1 saturated carbocycles. The smallest absolute Gasteiger partial charge is 0.0700 e. The number of methoxy groups -OCH3 is 1. The van der Waals surface area contributed by atoms with Crippen molar-refractivity contribution in [3.63, 3.8) is 0 Å². The molecule has 0 amide bonds. The lowest BCUT2D eigenvalue weighted by Crippen LogP contribution is -2.40. The number of hydrogen-bond donors (Lipinski definition) is 1. The topological polar surface area (TPSA) is 30.5 Å². The molecule has 0 saturated heterocycles. The second-order valence-electron chi connectivity index (χ2n) is 4.84. The summed E-state index contributed by atoms with van der Waals surface area (Å²) in [6, 6.07) is 0. The lowest BCUT2D eigenvalue weighted by Gasteiger charge is -2.42. The highest BCUT2D eigenvalue weighted by molar-refractivity contribution is 4.89. The fourth-order valence-corrected chi connectivity index (χ4v) is 2.38. The average Bonchev–Trinajstić information content (AvgIpc) is 2.25. The highest BCUT2D eigenvalue weighted by atomic mass is 16.5. The van der Waals surface area contributed by atoms with Gasteiger partial charge >= 0.3 is 0 Å². The van der Waals surface area contributed by atoms with Gasteiger partial charge < -0.3 is 14.8 Å². The lowest BCUT2D eigenvalue weighted by molar-refractivity contribution is 0.0520. The Morgan fingerprint density at radius 3 is 2.56 bits per heavy atom. The monoisotopic (exact) mass is 229 g/mol. The van der Waals surface area contributed by atoms with Gasteiger partial charge in [0.2, 0.25) is 0 Å². The molecule has 1 aliphatic rings. The van der Waals surface area contributed by atoms with Crippen LogP contribution in [0.15, 0.2) is 0 Å². The van der Waals surface area contributed by atoms with E-state index in [1.54, 1.807) is 7.11 Å². The summed E-state index contributed by atoms with van der Waals surface area (Å²) in [5.41, 5.74) is 0.598. The summed E-state index contributed by atoms with van der Waals surface area (Å²) in [6.45, 7) is 6.80. The van der Waals surface area contributed by atoms with Gasteiger partial charge in [-0.1, -0.05) is 13.3 Å². The molecule has 0 spiro atoms. The number of rotatable bonds is 10. The van der Waals surface area contributed by atoms with Crippen LogP contribution in [0.2, 0.25) is 0 Å². The molecule has 16 heavy (non-hydrogen) atoms. The van der Waals surface area contributed by atoms with Crippen LogP contribution in [0.4, 0.5) is 0 Å². The molecule has 1 fully saturated rings. The summed E-state index contributed by atoms with van der Waals surface area (Å²) < 4.78 is 10.4. The minimum Gasteiger partial charge on any atom is -0.382 e. The Balaban J connectivity index is 2.00. The molecule has 0 aromatic carbocycles. The Labute approximate surface area is 99.9 Å². The van der Waals surface area contributed by atoms with Gasteiger partial charge in [-0.25, -0.2) is 0 Å². The molecule has 1 N–H and O–H groups in total. The Kier molecular flexibility index (Phi) is 7.01. The molecule has 3 heteroatoms. The standard InChI is InChI=1S/C13H27NO2/c1-3-14-12-13(6-4-7-13)8-5-9-16-11-10-15-2/h14H,3-12H2,1-2H3. The molecule has 0 bridgehead atoms. The van der Waals surface area contributed by atoms with E-state index in [0.29, 0.717) is 12.0 Å². The Morgan fingerprint density at radius 1 is 1.19 bits per heavy atom. The van der Waals surface area contributed by atoms with Crippen molar-refractivity contribution in [3.05, 3.63) is 0 Å². The fraction of sp³-hybridized carbons (Fsp3) is 1.00. The summed E-state index contributed by atoms with van der Waals surface area (Å²) in [5.74, 6) is 0. The van der Waals surface area contributed by atoms with Crippen molar-refractivity contribution in [2.45, 2.75) is 39.0 Å². The van der Waals surface area contributed by atoms with Crippen LogP contribution in [0.3, 0.4) is 0 Å². The molecule has 0 aromatic rings. The van der Waals surface area contributed by atoms with Crippen molar-refractivity contribution < 1.29 is 9.47 Å². The van der Waals surface area contributed by atoms with Gasteiger partial charge in [0.05, 0.1) is 13.2 Å². The normalized spacial score (nSPS) is 18.4. The number of ether oxygens (including phenoxy) is 2. The van der Waals surface area contributed by atoms with E-state index in [4.69, 9.17) is 9.47 Å². The van der Waals surface area contributed by atoms with E-state index < -0.39 is 0 Å². The fourth-order valence-electron chi connectivity index (χ4n) is 2.38. The lowest BCUT2D eigenvalue weighted by atomic mass is 9.66. The highest BCUT2D eigenvalue weighted by Gasteiger charge is 2.35. The van der Waals surface area contributed by atoms with E-state index in [1.165, 1.54) is 38.6 Å². The molecule has 0 aliphatic heterocycles. The summed E-state index contributed by atoms with van der Waals surface area (Å²) in [7, 11) is 1.71. The molecule has 1 aliphatic carbocycles. The van der Waals surface area contributed by atoms with Crippen molar-refractivity contribution in [2.75, 3.05) is 40.0 Å². The van der Waals surface area contributed by atoms with Crippen LogP contribution in [0, 0.1) is 5.41 Å². The van der Waals surface area contributed by atoms with E-state index >= 15 is 0 Å². The van der Waals surface area contributed by atoms with Gasteiger partial charge in [-0.3, -0.25) is 0 Å². The predicted octanol–water partition coefficient (Wildman–Crippen LogP) is 2.21. The Morgan fingerprint density at radius 2 is 2.00 bits per heavy atom. The maximum atomic E-state index is 5.50. The zero-order chi connectivity index (χ0) is 11.7. The SMILES string of the molecule is CCNCC1(CCCOCCOC)CCC1. The summed E-state index contributed by atoms with van der Waals surface area (Å²) in [4.78, 5) is 0. The summed E-state index contributed by atoms with van der Waals surface area (Å²) in [5, 5.41) is 3.49. The molecule has 96 valence electrons. The van der Waals surface area contributed by atoms with Crippen LogP contribution in [0.25, 0.3) is 0 Å². The van der Waals surface area contributed by atoms with Crippen LogP contribution >= 0.6 is 0 Å². The van der Waals surface area contributed by atoms with Gasteiger partial charge in [0.15, 0.2) is 0 Å². The summed E-state index contributed by atoms with van der Waals surface area (Å²) in [6.07, 6.45) is 6.72. The first-order valence-corrected chi connectivity index (χ1v) is 6.60. The van der Waals surface area contributed by atoms with Crippen LogP contribution in [0.5, 0.6) is 0 Å². The van der Waals surface area contributed by atoms with E-state index in [9.17, 15) is 0 Å². The second-order valence-corrected chi connectivity index (χ2v) is 4.84. The molecule has 0 atom stereocenters. The van der Waals surface area contributed by atoms with Gasteiger partial charge in [-0.2, -0.15) is 0 Å². The second kappa shape index (κ2) is 8.04. The molecule has 0 heterocycles. The minimum absolute atomic E-state index is 0.598. The van der Waals surface area contributed by atoms with Gasteiger partial charge in [0.25, 0.3) is 0 Å². The number of nitrogens with one attached hydrogen (secondary N) is 1. The minimum atomic E-state index is 0.598. The molecule has 0 unspecified atom stereocenters. The van der Waals surface area contributed by atoms with E-state index in [0.717, 1.165) is 19.8 Å². The highest BCUT2D eigenvalue weighted by Crippen LogP contribution is 2.44. The van der Waals surface area contributed by atoms with Crippen LogP contribution in [0.1, 0.15) is 39.0 Å². The van der Waals surface area contributed by atoms with E-state index in [-0.39, 0.29) is 0 Å². The maximum Gasteiger partial charge on any atom is 0.0700 e. The van der Waals surface area contributed by atoms with Crippen molar-refractivity contribution in [3.8, 4) is 0 Å². The van der Waals surface area contributed by atoms with Gasteiger partial charge in [-0.15, -0.1) is 0 Å². The zero-order valence-corrected chi connectivity index (χ0v) is 10.9. The first kappa shape index (κ1) is 13.9. The molecule has 3 nitrogen and oxygen atoms in total. The van der Waals surface area contributed by atoms with Gasteiger partial charge in [0, 0.05) is 20.3 Å². The van der Waals surface area contributed by atoms with Crippen molar-refractivity contribution >= 4 is 0 Å². The molecule has 1 rings (SSSR count). The maximum absolute atomic E-state index is 5.50. The van der Waals surface area contributed by atoms with Crippen LogP contribution in [-0.2, 0) is 9.47 Å².